The second-order valence-corrected chi connectivity index (χ2v) is 6.51. The molecular formula is C14H15N2O2S. The van der Waals surface area contributed by atoms with E-state index in [0.29, 0.717) is 23.5 Å². The molecule has 1 fully saturated rings. The number of piperidine rings is 1. The quantitative estimate of drug-likeness (QED) is 0.844. The van der Waals surface area contributed by atoms with E-state index in [9.17, 15) is 8.42 Å². The molecule has 1 radical (unpaired) electrons. The molecular weight excluding hydrogens is 260 g/mol. The second-order valence-electron chi connectivity index (χ2n) is 4.60. The molecule has 0 aliphatic carbocycles. The number of hydrogen-bond donors (Lipinski definition) is 0. The van der Waals surface area contributed by atoms with Crippen molar-refractivity contribution in [1.82, 2.24) is 9.29 Å². The van der Waals surface area contributed by atoms with Gasteiger partial charge in [-0.1, -0.05) is 18.2 Å². The first-order valence-electron chi connectivity index (χ1n) is 6.35. The molecule has 0 saturated carbocycles. The lowest BCUT2D eigenvalue weighted by Crippen LogP contribution is -2.35. The normalized spacial score (nSPS) is 17.7. The molecule has 1 aliphatic rings. The van der Waals surface area contributed by atoms with Crippen molar-refractivity contribution >= 4 is 20.9 Å². The van der Waals surface area contributed by atoms with Gasteiger partial charge >= 0.3 is 0 Å². The summed E-state index contributed by atoms with van der Waals surface area (Å²) in [6.45, 7) is 1.12. The maximum Gasteiger partial charge on any atom is 0.245 e. The van der Waals surface area contributed by atoms with E-state index in [-0.39, 0.29) is 0 Å². The molecule has 1 aliphatic heterocycles. The molecule has 0 spiro atoms. The summed E-state index contributed by atoms with van der Waals surface area (Å²) in [5.41, 5.74) is 0.555. The molecule has 1 aromatic heterocycles. The smallest absolute Gasteiger partial charge is 0.245 e. The van der Waals surface area contributed by atoms with Crippen LogP contribution < -0.4 is 0 Å². The van der Waals surface area contributed by atoms with Crippen molar-refractivity contribution in [3.05, 3.63) is 42.9 Å². The zero-order chi connectivity index (χ0) is 13.3. The van der Waals surface area contributed by atoms with Gasteiger partial charge in [-0.05, 0) is 31.4 Å². The lowest BCUT2D eigenvalue weighted by atomic mass is 10.2. The highest BCUT2D eigenvalue weighted by Gasteiger charge is 2.27. The summed E-state index contributed by atoms with van der Waals surface area (Å²) in [5, 5.41) is 0.854. The van der Waals surface area contributed by atoms with Crippen molar-refractivity contribution < 1.29 is 8.42 Å². The number of pyridine rings is 1. The standard InChI is InChI=1S/C14H15N2O2S/c17-19(18,16-10-2-1-3-11-16)13-8-4-6-12-7-5-9-15-14(12)13/h1,4-9H,2-3,10-11H2. The molecule has 5 heteroatoms. The highest BCUT2D eigenvalue weighted by Crippen LogP contribution is 2.25. The van der Waals surface area contributed by atoms with Gasteiger partial charge in [0.05, 0.1) is 5.52 Å². The summed E-state index contributed by atoms with van der Waals surface area (Å²) in [6, 6.07) is 8.99. The lowest BCUT2D eigenvalue weighted by molar-refractivity contribution is 0.384. The molecule has 3 rings (SSSR count). The molecule has 99 valence electrons. The van der Waals surface area contributed by atoms with E-state index in [1.807, 2.05) is 18.2 Å². The lowest BCUT2D eigenvalue weighted by Gasteiger charge is -2.26. The highest BCUT2D eigenvalue weighted by atomic mass is 32.2. The number of sulfonamides is 1. The van der Waals surface area contributed by atoms with Crippen LogP contribution in [0.2, 0.25) is 0 Å². The maximum atomic E-state index is 12.7. The van der Waals surface area contributed by atoms with Crippen LogP contribution in [0, 0.1) is 6.42 Å². The van der Waals surface area contributed by atoms with Crippen molar-refractivity contribution in [2.24, 2.45) is 0 Å². The Morgan fingerprint density at radius 1 is 1.05 bits per heavy atom. The zero-order valence-electron chi connectivity index (χ0n) is 10.5. The van der Waals surface area contributed by atoms with Crippen LogP contribution in [0.25, 0.3) is 10.9 Å². The van der Waals surface area contributed by atoms with Gasteiger partial charge in [0.25, 0.3) is 0 Å². The van der Waals surface area contributed by atoms with E-state index in [2.05, 4.69) is 11.4 Å². The van der Waals surface area contributed by atoms with Crippen LogP contribution in [0.4, 0.5) is 0 Å². The molecule has 2 heterocycles. The van der Waals surface area contributed by atoms with Crippen molar-refractivity contribution in [2.45, 2.75) is 17.7 Å². The molecule has 0 amide bonds. The third-order valence-electron chi connectivity index (χ3n) is 3.38. The predicted octanol–water partition coefficient (Wildman–Crippen LogP) is 2.22. The van der Waals surface area contributed by atoms with Gasteiger partial charge in [-0.3, -0.25) is 4.98 Å². The van der Waals surface area contributed by atoms with E-state index in [1.54, 1.807) is 22.6 Å². The summed E-state index contributed by atoms with van der Waals surface area (Å²) in [6.07, 6.45) is 5.40. The highest BCUT2D eigenvalue weighted by molar-refractivity contribution is 7.89. The molecule has 0 N–H and O–H groups in total. The summed E-state index contributed by atoms with van der Waals surface area (Å²) in [5.74, 6) is 0. The number of nitrogens with zero attached hydrogens (tertiary/aromatic N) is 2. The Bertz CT molecular complexity index is 686. The number of para-hydroxylation sites is 1. The monoisotopic (exact) mass is 275 g/mol. The second kappa shape index (κ2) is 4.90. The minimum absolute atomic E-state index is 0.313. The number of fused-ring (bicyclic) bond motifs is 1. The van der Waals surface area contributed by atoms with Gasteiger partial charge in [-0.25, -0.2) is 8.42 Å². The summed E-state index contributed by atoms with van der Waals surface area (Å²) < 4.78 is 26.9. The minimum Gasteiger partial charge on any atom is -0.255 e. The van der Waals surface area contributed by atoms with Gasteiger partial charge in [0, 0.05) is 24.7 Å². The topological polar surface area (TPSA) is 50.3 Å². The Morgan fingerprint density at radius 2 is 1.79 bits per heavy atom. The zero-order valence-corrected chi connectivity index (χ0v) is 11.3. The molecule has 2 aromatic rings. The Kier molecular flexibility index (Phi) is 3.24. The van der Waals surface area contributed by atoms with Crippen molar-refractivity contribution in [3.63, 3.8) is 0 Å². The fraction of sp³-hybridized carbons (Fsp3) is 0.286. The van der Waals surface area contributed by atoms with Gasteiger partial charge in [0.15, 0.2) is 0 Å². The van der Waals surface area contributed by atoms with Crippen LogP contribution >= 0.6 is 0 Å². The molecule has 1 aromatic carbocycles. The van der Waals surface area contributed by atoms with Crippen LogP contribution in [0.5, 0.6) is 0 Å². The van der Waals surface area contributed by atoms with E-state index < -0.39 is 10.0 Å². The van der Waals surface area contributed by atoms with Crippen LogP contribution in [0.1, 0.15) is 12.8 Å². The average molecular weight is 275 g/mol. The molecule has 0 bridgehead atoms. The number of aromatic nitrogens is 1. The largest absolute Gasteiger partial charge is 0.255 e. The molecule has 19 heavy (non-hydrogen) atoms. The molecule has 0 atom stereocenters. The van der Waals surface area contributed by atoms with Gasteiger partial charge in [0.1, 0.15) is 4.90 Å². The fourth-order valence-corrected chi connectivity index (χ4v) is 4.03. The SMILES string of the molecule is O=S(=O)(c1cccc2cccnc12)N1CC[CH]CC1. The van der Waals surface area contributed by atoms with Gasteiger partial charge in [0.2, 0.25) is 10.0 Å². The first-order chi connectivity index (χ1) is 9.19. The van der Waals surface area contributed by atoms with E-state index in [0.717, 1.165) is 18.2 Å². The molecule has 1 saturated heterocycles. The summed E-state index contributed by atoms with van der Waals surface area (Å²) in [4.78, 5) is 4.54. The maximum absolute atomic E-state index is 12.7. The third-order valence-corrected chi connectivity index (χ3v) is 5.31. The Morgan fingerprint density at radius 3 is 2.58 bits per heavy atom. The third kappa shape index (κ3) is 2.24. The van der Waals surface area contributed by atoms with Gasteiger partial charge in [-0.15, -0.1) is 0 Å². The fourth-order valence-electron chi connectivity index (χ4n) is 2.39. The first-order valence-corrected chi connectivity index (χ1v) is 7.79. The van der Waals surface area contributed by atoms with Crippen LogP contribution in [0.15, 0.2) is 41.4 Å². The summed E-state index contributed by atoms with van der Waals surface area (Å²) >= 11 is 0. The Hall–Kier alpha value is -1.46. The predicted molar refractivity (Wildman–Crippen MR) is 74.0 cm³/mol. The molecule has 4 nitrogen and oxygen atoms in total. The van der Waals surface area contributed by atoms with Crippen LogP contribution in [-0.4, -0.2) is 30.8 Å². The van der Waals surface area contributed by atoms with Crippen LogP contribution in [0.3, 0.4) is 0 Å². The first kappa shape index (κ1) is 12.6. The minimum atomic E-state index is -3.44. The Labute approximate surface area is 113 Å². The van der Waals surface area contributed by atoms with Crippen molar-refractivity contribution in [2.75, 3.05) is 13.1 Å². The van der Waals surface area contributed by atoms with Gasteiger partial charge < -0.3 is 0 Å². The summed E-state index contributed by atoms with van der Waals surface area (Å²) in [7, 11) is -3.44. The average Bonchev–Trinajstić information content (AvgIpc) is 2.47. The Balaban J connectivity index is 2.12. The number of benzene rings is 1. The van der Waals surface area contributed by atoms with E-state index >= 15 is 0 Å². The molecule has 0 unspecified atom stereocenters. The van der Waals surface area contributed by atoms with E-state index in [4.69, 9.17) is 0 Å². The van der Waals surface area contributed by atoms with Crippen LogP contribution in [-0.2, 0) is 10.0 Å². The van der Waals surface area contributed by atoms with Crippen molar-refractivity contribution in [1.29, 1.82) is 0 Å². The van der Waals surface area contributed by atoms with E-state index in [1.165, 1.54) is 0 Å². The number of rotatable bonds is 2. The van der Waals surface area contributed by atoms with Crippen molar-refractivity contribution in [3.8, 4) is 0 Å². The number of hydrogen-bond acceptors (Lipinski definition) is 3. The van der Waals surface area contributed by atoms with Gasteiger partial charge in [-0.2, -0.15) is 4.31 Å².